The average Bonchev–Trinajstić information content (AvgIpc) is 2.48. The molecule has 2 rings (SSSR count). The summed E-state index contributed by atoms with van der Waals surface area (Å²) in [6.07, 6.45) is 4.83. The Labute approximate surface area is 115 Å². The molecular weight excluding hydrogens is 242 g/mol. The van der Waals surface area contributed by atoms with E-state index in [2.05, 4.69) is 28.7 Å². The van der Waals surface area contributed by atoms with Crippen molar-refractivity contribution in [3.8, 4) is 6.01 Å². The van der Waals surface area contributed by atoms with Gasteiger partial charge in [-0.2, -0.15) is 0 Å². The molecule has 0 bridgehead atoms. The van der Waals surface area contributed by atoms with Crippen molar-refractivity contribution in [3.05, 3.63) is 18.0 Å². The highest BCUT2D eigenvalue weighted by atomic mass is 16.5. The Bertz CT molecular complexity index is 363. The molecule has 5 nitrogen and oxygen atoms in total. The summed E-state index contributed by atoms with van der Waals surface area (Å²) in [5.74, 6) is 0.502. The van der Waals surface area contributed by atoms with Gasteiger partial charge >= 0.3 is 6.01 Å². The van der Waals surface area contributed by atoms with Crippen LogP contribution < -0.4 is 4.74 Å². The van der Waals surface area contributed by atoms with E-state index in [0.29, 0.717) is 18.5 Å². The Morgan fingerprint density at radius 1 is 1.32 bits per heavy atom. The van der Waals surface area contributed by atoms with Crippen LogP contribution in [0.4, 0.5) is 0 Å². The minimum Gasteiger partial charge on any atom is -0.462 e. The van der Waals surface area contributed by atoms with Crippen molar-refractivity contribution in [2.75, 3.05) is 39.5 Å². The summed E-state index contributed by atoms with van der Waals surface area (Å²) in [7, 11) is 0. The van der Waals surface area contributed by atoms with Gasteiger partial charge in [-0.15, -0.1) is 0 Å². The van der Waals surface area contributed by atoms with E-state index >= 15 is 0 Å². The molecule has 19 heavy (non-hydrogen) atoms. The Morgan fingerprint density at radius 3 is 2.63 bits per heavy atom. The molecule has 0 radical (unpaired) electrons. The molecule has 2 heterocycles. The normalized spacial score (nSPS) is 18.2. The minimum atomic E-state index is 0.473. The second-order valence-electron chi connectivity index (χ2n) is 4.91. The molecule has 0 amide bonds. The Hall–Kier alpha value is -1.20. The Balaban J connectivity index is 1.73. The number of nitrogens with zero attached hydrogens (tertiary/aromatic N) is 3. The van der Waals surface area contributed by atoms with Crippen LogP contribution in [0.15, 0.2) is 12.4 Å². The molecule has 1 aliphatic rings. The molecule has 1 unspecified atom stereocenters. The molecule has 1 atom stereocenters. The molecule has 1 aliphatic heterocycles. The number of hydrogen-bond donors (Lipinski definition) is 0. The fourth-order valence-electron chi connectivity index (χ4n) is 1.98. The monoisotopic (exact) mass is 265 g/mol. The van der Waals surface area contributed by atoms with Crippen molar-refractivity contribution in [1.29, 1.82) is 0 Å². The van der Waals surface area contributed by atoms with Gasteiger partial charge < -0.3 is 9.47 Å². The summed E-state index contributed by atoms with van der Waals surface area (Å²) < 4.78 is 10.9. The third-order valence-electron chi connectivity index (χ3n) is 3.57. The maximum atomic E-state index is 5.57. The van der Waals surface area contributed by atoms with Gasteiger partial charge in [-0.3, -0.25) is 4.90 Å². The third kappa shape index (κ3) is 4.44. The lowest BCUT2D eigenvalue weighted by Gasteiger charge is -2.26. The highest BCUT2D eigenvalue weighted by Gasteiger charge is 2.10. The SMILES string of the molecule is CCC(C)c1cnc(OCCN2CCOCC2)nc1. The van der Waals surface area contributed by atoms with Crippen LogP contribution >= 0.6 is 0 Å². The molecule has 0 spiro atoms. The molecule has 1 saturated heterocycles. The van der Waals surface area contributed by atoms with Crippen LogP contribution in [0.5, 0.6) is 6.01 Å². The van der Waals surface area contributed by atoms with E-state index in [1.165, 1.54) is 5.56 Å². The zero-order chi connectivity index (χ0) is 13.5. The number of rotatable bonds is 6. The smallest absolute Gasteiger partial charge is 0.316 e. The van der Waals surface area contributed by atoms with E-state index in [1.807, 2.05) is 12.4 Å². The average molecular weight is 265 g/mol. The number of aromatic nitrogens is 2. The molecule has 1 aromatic heterocycles. The van der Waals surface area contributed by atoms with Crippen molar-refractivity contribution >= 4 is 0 Å². The van der Waals surface area contributed by atoms with Crippen molar-refractivity contribution in [3.63, 3.8) is 0 Å². The zero-order valence-electron chi connectivity index (χ0n) is 11.8. The number of ether oxygens (including phenoxy) is 2. The van der Waals surface area contributed by atoms with Crippen molar-refractivity contribution in [2.24, 2.45) is 0 Å². The summed E-state index contributed by atoms with van der Waals surface area (Å²) >= 11 is 0. The van der Waals surface area contributed by atoms with Gasteiger partial charge in [0.15, 0.2) is 0 Å². The predicted octanol–water partition coefficient (Wildman–Crippen LogP) is 1.70. The molecule has 5 heteroatoms. The van der Waals surface area contributed by atoms with Gasteiger partial charge in [-0.1, -0.05) is 13.8 Å². The summed E-state index contributed by atoms with van der Waals surface area (Å²) in [4.78, 5) is 10.8. The number of morpholine rings is 1. The van der Waals surface area contributed by atoms with Crippen molar-refractivity contribution in [2.45, 2.75) is 26.2 Å². The van der Waals surface area contributed by atoms with Crippen molar-refractivity contribution in [1.82, 2.24) is 14.9 Å². The molecule has 106 valence electrons. The van der Waals surface area contributed by atoms with E-state index in [4.69, 9.17) is 9.47 Å². The summed E-state index contributed by atoms with van der Waals surface area (Å²) in [5.41, 5.74) is 1.17. The third-order valence-corrected chi connectivity index (χ3v) is 3.57. The van der Waals surface area contributed by atoms with Crippen LogP contribution in [-0.2, 0) is 4.74 Å². The van der Waals surface area contributed by atoms with Gasteiger partial charge in [0.2, 0.25) is 0 Å². The van der Waals surface area contributed by atoms with E-state index < -0.39 is 0 Å². The van der Waals surface area contributed by atoms with Crippen LogP contribution in [0.3, 0.4) is 0 Å². The maximum Gasteiger partial charge on any atom is 0.316 e. The van der Waals surface area contributed by atoms with Crippen LogP contribution in [-0.4, -0.2) is 54.3 Å². The predicted molar refractivity (Wildman–Crippen MR) is 73.5 cm³/mol. The van der Waals surface area contributed by atoms with Gasteiger partial charge in [-0.05, 0) is 17.9 Å². The van der Waals surface area contributed by atoms with E-state index in [9.17, 15) is 0 Å². The zero-order valence-corrected chi connectivity index (χ0v) is 11.8. The lowest BCUT2D eigenvalue weighted by Crippen LogP contribution is -2.38. The quantitative estimate of drug-likeness (QED) is 0.783. The first-order valence-electron chi connectivity index (χ1n) is 7.04. The van der Waals surface area contributed by atoms with Gasteiger partial charge in [0, 0.05) is 32.0 Å². The molecule has 0 aliphatic carbocycles. The van der Waals surface area contributed by atoms with Gasteiger partial charge in [0.1, 0.15) is 6.61 Å². The summed E-state index contributed by atoms with van der Waals surface area (Å²) in [5, 5.41) is 0. The Morgan fingerprint density at radius 2 is 2.00 bits per heavy atom. The summed E-state index contributed by atoms with van der Waals surface area (Å²) in [6.45, 7) is 9.48. The maximum absolute atomic E-state index is 5.57. The molecular formula is C14H23N3O2. The first-order valence-corrected chi connectivity index (χ1v) is 7.04. The molecule has 0 aromatic carbocycles. The van der Waals surface area contributed by atoms with Crippen molar-refractivity contribution < 1.29 is 9.47 Å². The highest BCUT2D eigenvalue weighted by Crippen LogP contribution is 2.17. The fourth-order valence-corrected chi connectivity index (χ4v) is 1.98. The topological polar surface area (TPSA) is 47.5 Å². The second-order valence-corrected chi connectivity index (χ2v) is 4.91. The number of hydrogen-bond acceptors (Lipinski definition) is 5. The van der Waals surface area contributed by atoms with E-state index in [-0.39, 0.29) is 0 Å². The molecule has 0 N–H and O–H groups in total. The second kappa shape index (κ2) is 7.40. The van der Waals surface area contributed by atoms with Crippen LogP contribution in [0, 0.1) is 0 Å². The first-order chi connectivity index (χ1) is 9.29. The van der Waals surface area contributed by atoms with Crippen LogP contribution in [0.2, 0.25) is 0 Å². The van der Waals surface area contributed by atoms with Crippen LogP contribution in [0.25, 0.3) is 0 Å². The fraction of sp³-hybridized carbons (Fsp3) is 0.714. The lowest BCUT2D eigenvalue weighted by molar-refractivity contribution is 0.0317. The van der Waals surface area contributed by atoms with Gasteiger partial charge in [0.25, 0.3) is 0 Å². The standard InChI is InChI=1S/C14H23N3O2/c1-3-12(2)13-10-15-14(16-11-13)19-9-6-17-4-7-18-8-5-17/h10-12H,3-9H2,1-2H3. The minimum absolute atomic E-state index is 0.473. The summed E-state index contributed by atoms with van der Waals surface area (Å²) in [6, 6.07) is 0.473. The highest BCUT2D eigenvalue weighted by molar-refractivity contribution is 5.12. The van der Waals surface area contributed by atoms with E-state index in [0.717, 1.165) is 39.3 Å². The van der Waals surface area contributed by atoms with Crippen LogP contribution in [0.1, 0.15) is 31.7 Å². The largest absolute Gasteiger partial charge is 0.462 e. The Kier molecular flexibility index (Phi) is 5.54. The van der Waals surface area contributed by atoms with Gasteiger partial charge in [-0.25, -0.2) is 9.97 Å². The lowest BCUT2D eigenvalue weighted by atomic mass is 10.0. The first kappa shape index (κ1) is 14.2. The van der Waals surface area contributed by atoms with Gasteiger partial charge in [0.05, 0.1) is 13.2 Å². The molecule has 1 fully saturated rings. The van der Waals surface area contributed by atoms with E-state index in [1.54, 1.807) is 0 Å². The molecule has 1 aromatic rings. The molecule has 0 saturated carbocycles.